The normalized spacial score (nSPS) is 13.1. The maximum atomic E-state index is 12.3. The zero-order valence-corrected chi connectivity index (χ0v) is 10.3. The van der Waals surface area contributed by atoms with Crippen molar-refractivity contribution in [2.75, 3.05) is 0 Å². The van der Waals surface area contributed by atoms with Gasteiger partial charge in [-0.1, -0.05) is 19.1 Å². The minimum atomic E-state index is -4.35. The van der Waals surface area contributed by atoms with E-state index in [2.05, 4.69) is 0 Å². The van der Waals surface area contributed by atoms with E-state index in [0.717, 1.165) is 12.1 Å². The zero-order chi connectivity index (χ0) is 14.6. The second-order valence-electron chi connectivity index (χ2n) is 4.49. The largest absolute Gasteiger partial charge is 0.477 e. The third-order valence-electron chi connectivity index (χ3n) is 2.68. The smallest absolute Gasteiger partial charge is 0.416 e. The number of hydrogen-bond acceptors (Lipinski definition) is 2. The van der Waals surface area contributed by atoms with Crippen LogP contribution in [0.2, 0.25) is 0 Å². The van der Waals surface area contributed by atoms with E-state index >= 15 is 0 Å². The number of nitrogens with one attached hydrogen (secondary N) is 1. The van der Waals surface area contributed by atoms with Gasteiger partial charge in [0.25, 0.3) is 0 Å². The lowest BCUT2D eigenvalue weighted by Gasteiger charge is -2.12. The van der Waals surface area contributed by atoms with Gasteiger partial charge < -0.3 is 5.11 Å². The molecule has 104 valence electrons. The molecule has 0 bridgehead atoms. The second-order valence-corrected chi connectivity index (χ2v) is 4.49. The number of carboxylic acid groups (broad SMARTS) is 1. The van der Waals surface area contributed by atoms with Gasteiger partial charge in [0.1, 0.15) is 5.71 Å². The average molecular weight is 273 g/mol. The predicted molar refractivity (Wildman–Crippen MR) is 64.3 cm³/mol. The van der Waals surface area contributed by atoms with Gasteiger partial charge in [0.05, 0.1) is 5.56 Å². The van der Waals surface area contributed by atoms with Gasteiger partial charge in [0, 0.05) is 0 Å². The van der Waals surface area contributed by atoms with Gasteiger partial charge in [0.2, 0.25) is 0 Å². The second kappa shape index (κ2) is 5.86. The van der Waals surface area contributed by atoms with Crippen LogP contribution in [0.25, 0.3) is 0 Å². The highest BCUT2D eigenvalue weighted by atomic mass is 19.4. The third kappa shape index (κ3) is 4.73. The van der Waals surface area contributed by atoms with Gasteiger partial charge in [-0.3, -0.25) is 5.41 Å². The molecule has 0 aliphatic heterocycles. The molecule has 2 N–H and O–H groups in total. The monoisotopic (exact) mass is 273 g/mol. The van der Waals surface area contributed by atoms with Crippen LogP contribution in [0.15, 0.2) is 24.3 Å². The number of halogens is 3. The molecular weight excluding hydrogens is 259 g/mol. The van der Waals surface area contributed by atoms with Gasteiger partial charge in [-0.15, -0.1) is 0 Å². The molecule has 0 aliphatic carbocycles. The van der Waals surface area contributed by atoms with Crippen molar-refractivity contribution in [1.29, 1.82) is 5.41 Å². The fourth-order valence-electron chi connectivity index (χ4n) is 1.74. The number of carbonyl (C=O) groups is 1. The summed E-state index contributed by atoms with van der Waals surface area (Å²) in [5, 5.41) is 15.8. The number of hydrogen-bond donors (Lipinski definition) is 2. The molecule has 0 amide bonds. The third-order valence-corrected chi connectivity index (χ3v) is 2.68. The first-order chi connectivity index (χ1) is 8.70. The molecule has 0 aromatic heterocycles. The van der Waals surface area contributed by atoms with Crippen LogP contribution in [0, 0.1) is 11.3 Å². The highest BCUT2D eigenvalue weighted by Crippen LogP contribution is 2.29. The Morgan fingerprint density at radius 2 is 1.84 bits per heavy atom. The maximum absolute atomic E-state index is 12.3. The highest BCUT2D eigenvalue weighted by Gasteiger charge is 2.29. The Labute approximate surface area is 108 Å². The van der Waals surface area contributed by atoms with Crippen molar-refractivity contribution in [1.82, 2.24) is 0 Å². The van der Waals surface area contributed by atoms with Crippen molar-refractivity contribution < 1.29 is 23.1 Å². The van der Waals surface area contributed by atoms with E-state index in [1.54, 1.807) is 6.92 Å². The van der Waals surface area contributed by atoms with Crippen LogP contribution < -0.4 is 0 Å². The summed E-state index contributed by atoms with van der Waals surface area (Å²) in [5.74, 6) is -1.38. The molecule has 0 spiro atoms. The molecule has 0 radical (unpaired) electrons. The van der Waals surface area contributed by atoms with E-state index in [1.165, 1.54) is 12.1 Å². The van der Waals surface area contributed by atoms with Gasteiger partial charge >= 0.3 is 12.1 Å². The van der Waals surface area contributed by atoms with Crippen molar-refractivity contribution in [3.05, 3.63) is 35.4 Å². The summed E-state index contributed by atoms with van der Waals surface area (Å²) in [6, 6.07) is 4.77. The topological polar surface area (TPSA) is 61.2 Å². The van der Waals surface area contributed by atoms with Gasteiger partial charge in [-0.05, 0) is 36.5 Å². The summed E-state index contributed by atoms with van der Waals surface area (Å²) >= 11 is 0. The van der Waals surface area contributed by atoms with E-state index in [0.29, 0.717) is 12.0 Å². The minimum absolute atomic E-state index is 0.0936. The van der Waals surface area contributed by atoms with Crippen LogP contribution >= 0.6 is 0 Å². The van der Waals surface area contributed by atoms with Crippen molar-refractivity contribution in [3.8, 4) is 0 Å². The zero-order valence-electron chi connectivity index (χ0n) is 10.3. The van der Waals surface area contributed by atoms with Crippen molar-refractivity contribution in [3.63, 3.8) is 0 Å². The lowest BCUT2D eigenvalue weighted by molar-refractivity contribution is -0.137. The number of benzene rings is 1. The fraction of sp³-hybridized carbons (Fsp3) is 0.385. The molecule has 1 aromatic carbocycles. The summed E-state index contributed by atoms with van der Waals surface area (Å²) in [6.07, 6.45) is -3.82. The Hall–Kier alpha value is -1.85. The summed E-state index contributed by atoms with van der Waals surface area (Å²) < 4.78 is 37.0. The Bertz CT molecular complexity index is 466. The lowest BCUT2D eigenvalue weighted by Crippen LogP contribution is -2.16. The van der Waals surface area contributed by atoms with Crippen LogP contribution in [0.1, 0.15) is 24.5 Å². The molecule has 1 atom stereocenters. The number of carboxylic acids is 1. The summed E-state index contributed by atoms with van der Waals surface area (Å²) in [5.41, 5.74) is -0.403. The van der Waals surface area contributed by atoms with Crippen LogP contribution in [0.3, 0.4) is 0 Å². The van der Waals surface area contributed by atoms with Gasteiger partial charge in [-0.25, -0.2) is 4.79 Å². The standard InChI is InChI=1S/C13H14F3NO2/c1-8(7-11(17)12(18)19)6-9-2-4-10(5-3-9)13(14,15)16/h2-5,8,17H,6-7H2,1H3,(H,18,19). The molecule has 6 heteroatoms. The molecule has 0 saturated carbocycles. The van der Waals surface area contributed by atoms with Crippen molar-refractivity contribution in [2.24, 2.45) is 5.92 Å². The van der Waals surface area contributed by atoms with Gasteiger partial charge in [0.15, 0.2) is 0 Å². The number of rotatable bonds is 5. The van der Waals surface area contributed by atoms with Crippen molar-refractivity contribution in [2.45, 2.75) is 25.9 Å². The number of alkyl halides is 3. The molecule has 0 fully saturated rings. The molecule has 3 nitrogen and oxygen atoms in total. The average Bonchev–Trinajstić information content (AvgIpc) is 2.28. The minimum Gasteiger partial charge on any atom is -0.477 e. The summed E-state index contributed by atoms with van der Waals surface area (Å²) in [7, 11) is 0. The molecule has 0 aliphatic rings. The first kappa shape index (κ1) is 15.2. The molecule has 1 aromatic rings. The molecular formula is C13H14F3NO2. The van der Waals surface area contributed by atoms with Gasteiger partial charge in [-0.2, -0.15) is 13.2 Å². The first-order valence-corrected chi connectivity index (χ1v) is 5.67. The van der Waals surface area contributed by atoms with Crippen LogP contribution in [-0.2, 0) is 17.4 Å². The van der Waals surface area contributed by atoms with E-state index in [1.807, 2.05) is 0 Å². The van der Waals surface area contributed by atoms with Crippen molar-refractivity contribution >= 4 is 11.7 Å². The maximum Gasteiger partial charge on any atom is 0.416 e. The Morgan fingerprint density at radius 1 is 1.32 bits per heavy atom. The molecule has 0 saturated heterocycles. The SMILES string of the molecule is CC(CC(=N)C(=O)O)Cc1ccc(C(F)(F)F)cc1. The Morgan fingerprint density at radius 3 is 2.26 bits per heavy atom. The fourth-order valence-corrected chi connectivity index (χ4v) is 1.74. The summed E-state index contributed by atoms with van der Waals surface area (Å²) in [6.45, 7) is 1.76. The predicted octanol–water partition coefficient (Wildman–Crippen LogP) is 3.38. The van der Waals surface area contributed by atoms with Crippen LogP contribution in [-0.4, -0.2) is 16.8 Å². The van der Waals surface area contributed by atoms with E-state index in [-0.39, 0.29) is 18.1 Å². The Balaban J connectivity index is 2.63. The molecule has 0 heterocycles. The van der Waals surface area contributed by atoms with E-state index in [4.69, 9.17) is 10.5 Å². The first-order valence-electron chi connectivity index (χ1n) is 5.67. The molecule has 19 heavy (non-hydrogen) atoms. The molecule has 1 rings (SSSR count). The number of aliphatic carboxylic acids is 1. The van der Waals surface area contributed by atoms with E-state index < -0.39 is 17.7 Å². The highest BCUT2D eigenvalue weighted by molar-refractivity contribution is 6.34. The lowest BCUT2D eigenvalue weighted by atomic mass is 9.95. The summed E-state index contributed by atoms with van der Waals surface area (Å²) in [4.78, 5) is 10.5. The van der Waals surface area contributed by atoms with E-state index in [9.17, 15) is 18.0 Å². The quantitative estimate of drug-likeness (QED) is 0.808. The Kier molecular flexibility index (Phi) is 4.69. The van der Waals surface area contributed by atoms with Crippen LogP contribution in [0.4, 0.5) is 13.2 Å². The molecule has 1 unspecified atom stereocenters. The van der Waals surface area contributed by atoms with Crippen LogP contribution in [0.5, 0.6) is 0 Å².